The average molecular weight is 319 g/mol. The summed E-state index contributed by atoms with van der Waals surface area (Å²) in [6, 6.07) is 27.6. The molecule has 0 aromatic heterocycles. The third-order valence-electron chi connectivity index (χ3n) is 4.96. The lowest BCUT2D eigenvalue weighted by Crippen LogP contribution is -1.93. The third kappa shape index (κ3) is 2.17. The summed E-state index contributed by atoms with van der Waals surface area (Å²) in [7, 11) is 0. The van der Waals surface area contributed by atoms with Gasteiger partial charge in [0.25, 0.3) is 0 Å². The summed E-state index contributed by atoms with van der Waals surface area (Å²) >= 11 is 0. The normalized spacial score (nSPS) is 12.0. The van der Waals surface area contributed by atoms with Gasteiger partial charge in [0, 0.05) is 11.3 Å². The quantitative estimate of drug-likeness (QED) is 0.229. The molecule has 0 heterocycles. The van der Waals surface area contributed by atoms with E-state index >= 15 is 0 Å². The number of anilines is 1. The van der Waals surface area contributed by atoms with E-state index in [4.69, 9.17) is 5.73 Å². The van der Waals surface area contributed by atoms with Crippen molar-refractivity contribution < 1.29 is 0 Å². The number of hydrogen-bond donors (Lipinski definition) is 1. The highest BCUT2D eigenvalue weighted by Gasteiger charge is 2.11. The van der Waals surface area contributed by atoms with Crippen molar-refractivity contribution in [1.29, 1.82) is 0 Å². The van der Waals surface area contributed by atoms with E-state index in [1.807, 2.05) is 18.2 Å². The summed E-state index contributed by atoms with van der Waals surface area (Å²) in [5.74, 6) is 0. The monoisotopic (exact) mass is 319 g/mol. The first-order valence-electron chi connectivity index (χ1n) is 8.50. The number of benzene rings is 5. The molecular weight excluding hydrogens is 302 g/mol. The van der Waals surface area contributed by atoms with Crippen LogP contribution in [0.1, 0.15) is 11.1 Å². The molecule has 5 aromatic rings. The Morgan fingerprint density at radius 1 is 0.600 bits per heavy atom. The predicted octanol–water partition coefficient (Wildman–Crippen LogP) is 6.34. The minimum Gasteiger partial charge on any atom is -0.398 e. The molecule has 0 radical (unpaired) electrons. The smallest absolute Gasteiger partial charge is 0.0400 e. The molecular formula is C24H17N. The summed E-state index contributed by atoms with van der Waals surface area (Å²) in [4.78, 5) is 0. The lowest BCUT2D eigenvalue weighted by molar-refractivity contribution is 1.66. The van der Waals surface area contributed by atoms with Gasteiger partial charge < -0.3 is 5.73 Å². The fraction of sp³-hybridized carbons (Fsp3) is 0. The fourth-order valence-corrected chi connectivity index (χ4v) is 3.78. The summed E-state index contributed by atoms with van der Waals surface area (Å²) in [6.45, 7) is 0. The summed E-state index contributed by atoms with van der Waals surface area (Å²) in [5, 5.41) is 7.60. The first-order valence-corrected chi connectivity index (χ1v) is 8.50. The van der Waals surface area contributed by atoms with Crippen molar-refractivity contribution in [1.82, 2.24) is 0 Å². The zero-order valence-corrected chi connectivity index (χ0v) is 13.7. The van der Waals surface area contributed by atoms with Gasteiger partial charge in [-0.15, -0.1) is 0 Å². The Kier molecular flexibility index (Phi) is 3.01. The van der Waals surface area contributed by atoms with Gasteiger partial charge in [-0.1, -0.05) is 84.9 Å². The van der Waals surface area contributed by atoms with Gasteiger partial charge in [0.1, 0.15) is 0 Å². The standard InChI is InChI=1S/C24H17N/c25-22-15-19-11-10-17-7-4-8-18-12-14-21(24(19)23(17)18)20(22)13-9-16-5-2-1-3-6-16/h1-15H,25H2. The molecule has 1 nitrogen and oxygen atoms in total. The van der Waals surface area contributed by atoms with Gasteiger partial charge in [0.15, 0.2) is 0 Å². The zero-order valence-electron chi connectivity index (χ0n) is 13.7. The van der Waals surface area contributed by atoms with Crippen molar-refractivity contribution in [2.45, 2.75) is 0 Å². The van der Waals surface area contributed by atoms with E-state index in [0.717, 1.165) is 11.3 Å². The van der Waals surface area contributed by atoms with Crippen molar-refractivity contribution in [2.75, 3.05) is 5.73 Å². The molecule has 0 unspecified atom stereocenters. The van der Waals surface area contributed by atoms with Gasteiger partial charge in [-0.05, 0) is 43.9 Å². The Balaban J connectivity index is 1.84. The van der Waals surface area contributed by atoms with E-state index in [9.17, 15) is 0 Å². The van der Waals surface area contributed by atoms with Crippen LogP contribution >= 0.6 is 0 Å². The van der Waals surface area contributed by atoms with Crippen LogP contribution in [0.4, 0.5) is 5.69 Å². The highest BCUT2D eigenvalue weighted by atomic mass is 14.6. The first-order chi connectivity index (χ1) is 12.3. The minimum absolute atomic E-state index is 0.818. The molecule has 0 atom stereocenters. The molecule has 0 spiro atoms. The third-order valence-corrected chi connectivity index (χ3v) is 4.96. The summed E-state index contributed by atoms with van der Waals surface area (Å²) in [6.07, 6.45) is 4.26. The molecule has 0 saturated carbocycles. The average Bonchev–Trinajstić information content (AvgIpc) is 2.66. The summed E-state index contributed by atoms with van der Waals surface area (Å²) < 4.78 is 0. The van der Waals surface area contributed by atoms with Crippen LogP contribution in [-0.2, 0) is 0 Å². The van der Waals surface area contributed by atoms with Gasteiger partial charge in [0.2, 0.25) is 0 Å². The van der Waals surface area contributed by atoms with Crippen LogP contribution in [0.25, 0.3) is 44.5 Å². The van der Waals surface area contributed by atoms with Crippen molar-refractivity contribution in [3.05, 3.63) is 90.0 Å². The Morgan fingerprint density at radius 2 is 1.32 bits per heavy atom. The van der Waals surface area contributed by atoms with Gasteiger partial charge in [-0.25, -0.2) is 0 Å². The molecule has 1 heteroatoms. The van der Waals surface area contributed by atoms with Crippen LogP contribution in [-0.4, -0.2) is 0 Å². The Hall–Kier alpha value is -3.32. The highest BCUT2D eigenvalue weighted by Crippen LogP contribution is 2.38. The zero-order chi connectivity index (χ0) is 16.8. The maximum Gasteiger partial charge on any atom is 0.0400 e. The topological polar surface area (TPSA) is 26.0 Å². The maximum absolute atomic E-state index is 6.41. The second-order valence-electron chi connectivity index (χ2n) is 6.48. The molecule has 0 bridgehead atoms. The fourth-order valence-electron chi connectivity index (χ4n) is 3.78. The molecule has 5 aromatic carbocycles. The minimum atomic E-state index is 0.818. The number of rotatable bonds is 2. The predicted molar refractivity (Wildman–Crippen MR) is 110 cm³/mol. The van der Waals surface area contributed by atoms with E-state index in [1.54, 1.807) is 0 Å². The molecule has 5 rings (SSSR count). The number of nitrogens with two attached hydrogens (primary N) is 1. The second-order valence-corrected chi connectivity index (χ2v) is 6.48. The van der Waals surface area contributed by atoms with Crippen LogP contribution in [0.2, 0.25) is 0 Å². The Labute approximate surface area is 146 Å². The van der Waals surface area contributed by atoms with Gasteiger partial charge in [-0.2, -0.15) is 0 Å². The van der Waals surface area contributed by atoms with E-state index in [1.165, 1.54) is 37.9 Å². The lowest BCUT2D eigenvalue weighted by Gasteiger charge is -2.14. The van der Waals surface area contributed by atoms with E-state index < -0.39 is 0 Å². The largest absolute Gasteiger partial charge is 0.398 e. The van der Waals surface area contributed by atoms with E-state index in [2.05, 4.69) is 72.8 Å². The SMILES string of the molecule is Nc1cc2ccc3cccc4ccc(c1C=Cc1ccccc1)c2c34. The van der Waals surface area contributed by atoms with Crippen molar-refractivity contribution in [2.24, 2.45) is 0 Å². The van der Waals surface area contributed by atoms with Crippen LogP contribution in [0.15, 0.2) is 78.9 Å². The number of nitrogen functional groups attached to an aromatic ring is 1. The van der Waals surface area contributed by atoms with Crippen LogP contribution in [0.3, 0.4) is 0 Å². The lowest BCUT2D eigenvalue weighted by atomic mass is 9.91. The Morgan fingerprint density at radius 3 is 2.12 bits per heavy atom. The molecule has 0 aliphatic carbocycles. The van der Waals surface area contributed by atoms with Crippen molar-refractivity contribution in [3.63, 3.8) is 0 Å². The van der Waals surface area contributed by atoms with Gasteiger partial charge >= 0.3 is 0 Å². The van der Waals surface area contributed by atoms with Crippen LogP contribution in [0, 0.1) is 0 Å². The summed E-state index contributed by atoms with van der Waals surface area (Å²) in [5.41, 5.74) is 9.49. The second kappa shape index (κ2) is 5.35. The van der Waals surface area contributed by atoms with Crippen LogP contribution in [0.5, 0.6) is 0 Å². The molecule has 0 aliphatic heterocycles. The molecule has 0 fully saturated rings. The van der Waals surface area contributed by atoms with Gasteiger partial charge in [0.05, 0.1) is 0 Å². The molecule has 25 heavy (non-hydrogen) atoms. The van der Waals surface area contributed by atoms with Crippen molar-refractivity contribution >= 4 is 50.2 Å². The van der Waals surface area contributed by atoms with Gasteiger partial charge in [-0.3, -0.25) is 0 Å². The number of hydrogen-bond acceptors (Lipinski definition) is 1. The molecule has 0 aliphatic rings. The van der Waals surface area contributed by atoms with E-state index in [-0.39, 0.29) is 0 Å². The van der Waals surface area contributed by atoms with E-state index in [0.29, 0.717) is 0 Å². The Bertz CT molecular complexity index is 1220. The molecule has 2 N–H and O–H groups in total. The molecule has 118 valence electrons. The highest BCUT2D eigenvalue weighted by molar-refractivity contribution is 6.25. The van der Waals surface area contributed by atoms with Crippen LogP contribution < -0.4 is 5.73 Å². The van der Waals surface area contributed by atoms with Crippen molar-refractivity contribution in [3.8, 4) is 0 Å². The molecule has 0 saturated heterocycles. The first kappa shape index (κ1) is 14.1. The molecule has 0 amide bonds. The maximum atomic E-state index is 6.41.